The van der Waals surface area contributed by atoms with Crippen LogP contribution in [-0.2, 0) is 12.8 Å². The first kappa shape index (κ1) is 15.5. The molecule has 2 aromatic rings. The summed E-state index contributed by atoms with van der Waals surface area (Å²) >= 11 is 0. The van der Waals surface area contributed by atoms with E-state index in [1.54, 1.807) is 6.20 Å². The largest absolute Gasteiger partial charge is 0.493 e. The van der Waals surface area contributed by atoms with Crippen LogP contribution in [0.1, 0.15) is 11.3 Å². The van der Waals surface area contributed by atoms with E-state index in [4.69, 9.17) is 10.5 Å². The molecule has 0 aliphatic heterocycles. The Morgan fingerprint density at radius 1 is 1.00 bits per heavy atom. The fraction of sp³-hybridized carbons (Fsp3) is 0.267. The second-order valence-corrected chi connectivity index (χ2v) is 4.10. The minimum atomic E-state index is 0. The van der Waals surface area contributed by atoms with Crippen LogP contribution >= 0.6 is 12.4 Å². The van der Waals surface area contributed by atoms with Gasteiger partial charge in [0.1, 0.15) is 5.75 Å². The highest BCUT2D eigenvalue weighted by molar-refractivity contribution is 5.85. The molecule has 19 heavy (non-hydrogen) atoms. The molecule has 0 aliphatic carbocycles. The number of ether oxygens (including phenoxy) is 1. The standard InChI is InChI=1S/C15H18N2O.ClH/c16-10-8-13-4-6-15(7-5-13)18-12-9-14-3-1-2-11-17-14;/h1-7,11H,8-10,12,16H2;1H. The average Bonchev–Trinajstić information content (AvgIpc) is 2.42. The number of hydrogen-bond acceptors (Lipinski definition) is 3. The highest BCUT2D eigenvalue weighted by atomic mass is 35.5. The lowest BCUT2D eigenvalue weighted by molar-refractivity contribution is 0.320. The van der Waals surface area contributed by atoms with Crippen LogP contribution in [0.15, 0.2) is 48.7 Å². The number of hydrogen-bond donors (Lipinski definition) is 1. The summed E-state index contributed by atoms with van der Waals surface area (Å²) in [7, 11) is 0. The minimum Gasteiger partial charge on any atom is -0.493 e. The molecule has 1 heterocycles. The Morgan fingerprint density at radius 3 is 2.42 bits per heavy atom. The third-order valence-electron chi connectivity index (χ3n) is 2.71. The molecule has 0 amide bonds. The predicted molar refractivity (Wildman–Crippen MR) is 79.9 cm³/mol. The Morgan fingerprint density at radius 2 is 1.79 bits per heavy atom. The number of rotatable bonds is 6. The van der Waals surface area contributed by atoms with Gasteiger partial charge in [-0.15, -0.1) is 12.4 Å². The fourth-order valence-corrected chi connectivity index (χ4v) is 1.74. The normalized spacial score (nSPS) is 9.74. The summed E-state index contributed by atoms with van der Waals surface area (Å²) in [6, 6.07) is 14.0. The Bertz CT molecular complexity index is 459. The molecule has 0 radical (unpaired) electrons. The Balaban J connectivity index is 0.00000180. The molecule has 102 valence electrons. The summed E-state index contributed by atoms with van der Waals surface area (Å²) in [4.78, 5) is 4.25. The maximum Gasteiger partial charge on any atom is 0.119 e. The zero-order valence-electron chi connectivity index (χ0n) is 10.8. The maximum atomic E-state index is 5.67. The van der Waals surface area contributed by atoms with Crippen LogP contribution in [0.4, 0.5) is 0 Å². The minimum absolute atomic E-state index is 0. The van der Waals surface area contributed by atoms with Crippen LogP contribution in [0.25, 0.3) is 0 Å². The van der Waals surface area contributed by atoms with E-state index < -0.39 is 0 Å². The molecule has 0 saturated carbocycles. The molecule has 0 unspecified atom stereocenters. The van der Waals surface area contributed by atoms with Gasteiger partial charge in [-0.2, -0.15) is 0 Å². The van der Waals surface area contributed by atoms with Crippen molar-refractivity contribution in [1.29, 1.82) is 0 Å². The van der Waals surface area contributed by atoms with Crippen molar-refractivity contribution in [3.05, 3.63) is 59.9 Å². The van der Waals surface area contributed by atoms with E-state index in [0.29, 0.717) is 13.2 Å². The van der Waals surface area contributed by atoms with Crippen molar-refractivity contribution in [2.75, 3.05) is 13.2 Å². The van der Waals surface area contributed by atoms with E-state index in [9.17, 15) is 0 Å². The van der Waals surface area contributed by atoms with E-state index in [0.717, 1.165) is 24.3 Å². The summed E-state index contributed by atoms with van der Waals surface area (Å²) in [6.07, 6.45) is 3.54. The number of pyridine rings is 1. The van der Waals surface area contributed by atoms with Crippen LogP contribution in [0, 0.1) is 0 Å². The van der Waals surface area contributed by atoms with Crippen molar-refractivity contribution in [2.45, 2.75) is 12.8 Å². The van der Waals surface area contributed by atoms with Gasteiger partial charge in [-0.3, -0.25) is 4.98 Å². The van der Waals surface area contributed by atoms with Gasteiger partial charge < -0.3 is 10.5 Å². The van der Waals surface area contributed by atoms with E-state index >= 15 is 0 Å². The Kier molecular flexibility index (Phi) is 6.93. The number of aromatic nitrogens is 1. The van der Waals surface area contributed by atoms with Gasteiger partial charge in [0, 0.05) is 18.3 Å². The molecule has 0 spiro atoms. The predicted octanol–water partition coefficient (Wildman–Crippen LogP) is 2.63. The molecule has 4 heteroatoms. The molecule has 0 aliphatic rings. The van der Waals surface area contributed by atoms with Crippen LogP contribution in [0.5, 0.6) is 5.75 Å². The van der Waals surface area contributed by atoms with Crippen molar-refractivity contribution in [1.82, 2.24) is 4.98 Å². The Hall–Kier alpha value is -1.58. The molecule has 1 aromatic heterocycles. The molecule has 2 rings (SSSR count). The second kappa shape index (κ2) is 8.51. The van der Waals surface area contributed by atoms with E-state index in [2.05, 4.69) is 17.1 Å². The first-order chi connectivity index (χ1) is 8.88. The molecule has 0 atom stereocenters. The van der Waals surface area contributed by atoms with Crippen molar-refractivity contribution < 1.29 is 4.74 Å². The smallest absolute Gasteiger partial charge is 0.119 e. The van der Waals surface area contributed by atoms with Crippen LogP contribution < -0.4 is 10.5 Å². The van der Waals surface area contributed by atoms with Gasteiger partial charge in [0.05, 0.1) is 6.61 Å². The molecule has 0 bridgehead atoms. The lowest BCUT2D eigenvalue weighted by Crippen LogP contribution is -2.04. The lowest BCUT2D eigenvalue weighted by atomic mass is 10.1. The molecule has 0 saturated heterocycles. The molecule has 0 fully saturated rings. The van der Waals surface area contributed by atoms with Crippen molar-refractivity contribution in [2.24, 2.45) is 5.73 Å². The summed E-state index contributed by atoms with van der Waals surface area (Å²) in [5.74, 6) is 0.895. The third kappa shape index (κ3) is 5.28. The van der Waals surface area contributed by atoms with E-state index in [-0.39, 0.29) is 12.4 Å². The molecular formula is C15H19ClN2O. The summed E-state index contributed by atoms with van der Waals surface area (Å²) < 4.78 is 5.67. The first-order valence-electron chi connectivity index (χ1n) is 6.20. The van der Waals surface area contributed by atoms with Crippen LogP contribution in [0.2, 0.25) is 0 Å². The van der Waals surface area contributed by atoms with Crippen LogP contribution in [0.3, 0.4) is 0 Å². The highest BCUT2D eigenvalue weighted by Crippen LogP contribution is 2.12. The number of nitrogens with two attached hydrogens (primary N) is 1. The van der Waals surface area contributed by atoms with E-state index in [1.165, 1.54) is 5.56 Å². The first-order valence-corrected chi connectivity index (χ1v) is 6.20. The molecular weight excluding hydrogens is 260 g/mol. The molecule has 2 N–H and O–H groups in total. The molecule has 1 aromatic carbocycles. The van der Waals surface area contributed by atoms with Crippen LogP contribution in [-0.4, -0.2) is 18.1 Å². The monoisotopic (exact) mass is 278 g/mol. The summed E-state index contributed by atoms with van der Waals surface area (Å²) in [6.45, 7) is 1.33. The Labute approximate surface area is 120 Å². The second-order valence-electron chi connectivity index (χ2n) is 4.10. The van der Waals surface area contributed by atoms with Crippen molar-refractivity contribution in [3.8, 4) is 5.75 Å². The highest BCUT2D eigenvalue weighted by Gasteiger charge is 1.97. The quantitative estimate of drug-likeness (QED) is 0.884. The number of halogens is 1. The van der Waals surface area contributed by atoms with Gasteiger partial charge in [0.2, 0.25) is 0 Å². The van der Waals surface area contributed by atoms with Gasteiger partial charge in [-0.05, 0) is 42.8 Å². The van der Waals surface area contributed by atoms with Gasteiger partial charge in [0.15, 0.2) is 0 Å². The summed E-state index contributed by atoms with van der Waals surface area (Å²) in [5.41, 5.74) is 7.80. The van der Waals surface area contributed by atoms with Gasteiger partial charge in [-0.25, -0.2) is 0 Å². The van der Waals surface area contributed by atoms with Crippen molar-refractivity contribution >= 4 is 12.4 Å². The number of nitrogens with zero attached hydrogens (tertiary/aromatic N) is 1. The van der Waals surface area contributed by atoms with Gasteiger partial charge in [0.25, 0.3) is 0 Å². The maximum absolute atomic E-state index is 5.67. The van der Waals surface area contributed by atoms with E-state index in [1.807, 2.05) is 30.3 Å². The van der Waals surface area contributed by atoms with Gasteiger partial charge in [-0.1, -0.05) is 18.2 Å². The zero-order chi connectivity index (χ0) is 12.6. The number of benzene rings is 1. The zero-order valence-corrected chi connectivity index (χ0v) is 11.6. The molecule has 3 nitrogen and oxygen atoms in total. The third-order valence-corrected chi connectivity index (χ3v) is 2.71. The topological polar surface area (TPSA) is 48.1 Å². The average molecular weight is 279 g/mol. The van der Waals surface area contributed by atoms with Crippen molar-refractivity contribution in [3.63, 3.8) is 0 Å². The lowest BCUT2D eigenvalue weighted by Gasteiger charge is -2.06. The van der Waals surface area contributed by atoms with Gasteiger partial charge >= 0.3 is 0 Å². The SMILES string of the molecule is Cl.NCCc1ccc(OCCc2ccccn2)cc1. The summed E-state index contributed by atoms with van der Waals surface area (Å²) in [5, 5.41) is 0. The fourth-order valence-electron chi connectivity index (χ4n) is 1.74.